The number of nitrogens with two attached hydrogens (primary N) is 1. The minimum Gasteiger partial charge on any atom is -0.383 e. The van der Waals surface area contributed by atoms with Crippen LogP contribution in [0.25, 0.3) is 0 Å². The summed E-state index contributed by atoms with van der Waals surface area (Å²) in [6.45, 7) is 8.87. The Bertz CT molecular complexity index is 187. The quantitative estimate of drug-likeness (QED) is 0.464. The molecule has 0 rings (SSSR count). The Balaban J connectivity index is 4.31. The number of allylic oxidation sites excluding steroid dienone is 3. The number of hydrogen-bond donors (Lipinski definition) is 1. The number of nitrogens with zero attached hydrogens (tertiary/aromatic N) is 1. The van der Waals surface area contributed by atoms with Crippen molar-refractivity contribution < 1.29 is 0 Å². The molecule has 0 atom stereocenters. The lowest BCUT2D eigenvalue weighted by atomic mass is 10.3. The molecule has 54 valence electrons. The molecule has 0 fully saturated rings. The van der Waals surface area contributed by atoms with E-state index < -0.39 is 0 Å². The lowest BCUT2D eigenvalue weighted by Crippen LogP contribution is -1.95. The molecular weight excluding hydrogens is 124 g/mol. The number of rotatable bonds is 3. The van der Waals surface area contributed by atoms with Gasteiger partial charge in [-0.25, -0.2) is 4.99 Å². The largest absolute Gasteiger partial charge is 0.383 e. The molecule has 0 bridgehead atoms. The first-order valence-electron chi connectivity index (χ1n) is 2.96. The van der Waals surface area contributed by atoms with Crippen LogP contribution in [-0.4, -0.2) is 6.21 Å². The molecule has 0 amide bonds. The van der Waals surface area contributed by atoms with Crippen molar-refractivity contribution in [1.29, 1.82) is 0 Å². The normalized spacial score (nSPS) is 12.9. The van der Waals surface area contributed by atoms with Gasteiger partial charge in [0.1, 0.15) is 5.82 Å². The van der Waals surface area contributed by atoms with Gasteiger partial charge in [0.15, 0.2) is 0 Å². The van der Waals surface area contributed by atoms with Gasteiger partial charge in [0.05, 0.1) is 0 Å². The van der Waals surface area contributed by atoms with E-state index in [4.69, 9.17) is 5.73 Å². The summed E-state index contributed by atoms with van der Waals surface area (Å²) in [4.78, 5) is 3.86. The maximum atomic E-state index is 5.48. The molecule has 2 heteroatoms. The average molecular weight is 136 g/mol. The number of hydrogen-bond acceptors (Lipinski definition) is 2. The van der Waals surface area contributed by atoms with E-state index in [1.165, 1.54) is 0 Å². The Morgan fingerprint density at radius 2 is 2.10 bits per heavy atom. The zero-order valence-corrected chi connectivity index (χ0v) is 6.17. The zero-order valence-electron chi connectivity index (χ0n) is 6.17. The van der Waals surface area contributed by atoms with Crippen molar-refractivity contribution in [3.63, 3.8) is 0 Å². The van der Waals surface area contributed by atoms with Crippen molar-refractivity contribution in [2.24, 2.45) is 10.7 Å². The molecule has 0 aliphatic carbocycles. The fourth-order valence-corrected chi connectivity index (χ4v) is 0.339. The standard InChI is InChI=1S/C8H12N2/c1-4-6-10-8(9)7(3)5-2/h4-6H,1-2,9H2,3H3/b8-7+,10-6-. The first kappa shape index (κ1) is 8.69. The molecule has 0 aromatic carbocycles. The Hall–Kier alpha value is -1.31. The van der Waals surface area contributed by atoms with Crippen LogP contribution >= 0.6 is 0 Å². The van der Waals surface area contributed by atoms with Crippen LogP contribution in [0.5, 0.6) is 0 Å². The summed E-state index contributed by atoms with van der Waals surface area (Å²) in [6, 6.07) is 0. The predicted octanol–water partition coefficient (Wildman–Crippen LogP) is 1.62. The molecule has 2 N–H and O–H groups in total. The number of aliphatic imine (C=N–C) groups is 1. The van der Waals surface area contributed by atoms with Crippen LogP contribution in [0.3, 0.4) is 0 Å². The van der Waals surface area contributed by atoms with Gasteiger partial charge in [-0.1, -0.05) is 25.3 Å². The van der Waals surface area contributed by atoms with E-state index in [9.17, 15) is 0 Å². The van der Waals surface area contributed by atoms with E-state index >= 15 is 0 Å². The second kappa shape index (κ2) is 4.56. The highest BCUT2D eigenvalue weighted by Crippen LogP contribution is 1.98. The van der Waals surface area contributed by atoms with Gasteiger partial charge in [0, 0.05) is 6.21 Å². The first-order chi connectivity index (χ1) is 4.72. The molecule has 2 nitrogen and oxygen atoms in total. The summed E-state index contributed by atoms with van der Waals surface area (Å²) >= 11 is 0. The Kier molecular flexibility index (Phi) is 3.96. The summed E-state index contributed by atoms with van der Waals surface area (Å²) in [5.41, 5.74) is 6.35. The minimum atomic E-state index is 0.481. The van der Waals surface area contributed by atoms with Crippen molar-refractivity contribution in [3.05, 3.63) is 36.7 Å². The van der Waals surface area contributed by atoms with Gasteiger partial charge in [-0.3, -0.25) is 0 Å². The molecule has 0 saturated heterocycles. The molecule has 0 unspecified atom stereocenters. The lowest BCUT2D eigenvalue weighted by molar-refractivity contribution is 1.19. The van der Waals surface area contributed by atoms with E-state index in [2.05, 4.69) is 18.2 Å². The molecular formula is C8H12N2. The molecule has 0 heterocycles. The van der Waals surface area contributed by atoms with Crippen LogP contribution in [0.2, 0.25) is 0 Å². The van der Waals surface area contributed by atoms with Gasteiger partial charge in [-0.15, -0.1) is 0 Å². The van der Waals surface area contributed by atoms with Crippen LogP contribution in [0.4, 0.5) is 0 Å². The molecule has 0 aliphatic heterocycles. The maximum absolute atomic E-state index is 5.48. The van der Waals surface area contributed by atoms with Crippen molar-refractivity contribution in [2.75, 3.05) is 0 Å². The van der Waals surface area contributed by atoms with Gasteiger partial charge >= 0.3 is 0 Å². The highest BCUT2D eigenvalue weighted by atomic mass is 14.9. The van der Waals surface area contributed by atoms with E-state index in [1.54, 1.807) is 18.4 Å². The van der Waals surface area contributed by atoms with E-state index in [0.717, 1.165) is 5.57 Å². The maximum Gasteiger partial charge on any atom is 0.126 e. The molecule has 10 heavy (non-hydrogen) atoms. The van der Waals surface area contributed by atoms with E-state index in [-0.39, 0.29) is 0 Å². The van der Waals surface area contributed by atoms with Gasteiger partial charge < -0.3 is 5.73 Å². The molecule has 0 spiro atoms. The predicted molar refractivity (Wildman–Crippen MR) is 45.8 cm³/mol. The lowest BCUT2D eigenvalue weighted by Gasteiger charge is -1.93. The highest BCUT2D eigenvalue weighted by Gasteiger charge is 1.86. The fourth-order valence-electron chi connectivity index (χ4n) is 0.339. The van der Waals surface area contributed by atoms with Gasteiger partial charge in [-0.05, 0) is 12.5 Å². The molecule has 0 saturated carbocycles. The van der Waals surface area contributed by atoms with Crippen LogP contribution in [0.1, 0.15) is 6.92 Å². The fraction of sp³-hybridized carbons (Fsp3) is 0.125. The van der Waals surface area contributed by atoms with Crippen LogP contribution in [0.15, 0.2) is 41.7 Å². The summed E-state index contributed by atoms with van der Waals surface area (Å²) in [5, 5.41) is 0. The van der Waals surface area contributed by atoms with Crippen molar-refractivity contribution in [3.8, 4) is 0 Å². The molecule has 0 aromatic rings. The third-order valence-electron chi connectivity index (χ3n) is 1.03. The molecule has 0 radical (unpaired) electrons. The van der Waals surface area contributed by atoms with Crippen molar-refractivity contribution in [1.82, 2.24) is 0 Å². The third-order valence-corrected chi connectivity index (χ3v) is 1.03. The van der Waals surface area contributed by atoms with Gasteiger partial charge in [0.25, 0.3) is 0 Å². The SMILES string of the molecule is C=C/C=N\C(N)=C(/C)C=C. The summed E-state index contributed by atoms with van der Waals surface area (Å²) in [6.07, 6.45) is 4.78. The monoisotopic (exact) mass is 136 g/mol. The highest BCUT2D eigenvalue weighted by molar-refractivity contribution is 5.71. The topological polar surface area (TPSA) is 38.4 Å². The van der Waals surface area contributed by atoms with Gasteiger partial charge in [-0.2, -0.15) is 0 Å². The van der Waals surface area contributed by atoms with Crippen molar-refractivity contribution >= 4 is 6.21 Å². The van der Waals surface area contributed by atoms with Crippen LogP contribution in [0, 0.1) is 0 Å². The Morgan fingerprint density at radius 3 is 2.50 bits per heavy atom. The Morgan fingerprint density at radius 1 is 1.50 bits per heavy atom. The minimum absolute atomic E-state index is 0.481. The smallest absolute Gasteiger partial charge is 0.126 e. The summed E-state index contributed by atoms with van der Waals surface area (Å²) < 4.78 is 0. The van der Waals surface area contributed by atoms with Crippen molar-refractivity contribution in [2.45, 2.75) is 6.92 Å². The van der Waals surface area contributed by atoms with E-state index in [1.807, 2.05) is 6.92 Å². The third kappa shape index (κ3) is 2.87. The summed E-state index contributed by atoms with van der Waals surface area (Å²) in [5.74, 6) is 0.481. The summed E-state index contributed by atoms with van der Waals surface area (Å²) in [7, 11) is 0. The second-order valence-corrected chi connectivity index (χ2v) is 1.79. The molecule has 0 aromatic heterocycles. The molecule has 0 aliphatic rings. The Labute approximate surface area is 61.5 Å². The zero-order chi connectivity index (χ0) is 7.98. The average Bonchev–Trinajstić information content (AvgIpc) is 1.98. The van der Waals surface area contributed by atoms with Crippen LogP contribution in [-0.2, 0) is 0 Å². The van der Waals surface area contributed by atoms with Crippen LogP contribution < -0.4 is 5.73 Å². The van der Waals surface area contributed by atoms with Gasteiger partial charge in [0.2, 0.25) is 0 Å². The second-order valence-electron chi connectivity index (χ2n) is 1.79. The first-order valence-corrected chi connectivity index (χ1v) is 2.96. The van der Waals surface area contributed by atoms with E-state index in [0.29, 0.717) is 5.82 Å².